The number of halogens is 1. The van der Waals surface area contributed by atoms with E-state index in [2.05, 4.69) is 0 Å². The molecule has 18 heavy (non-hydrogen) atoms. The Balaban J connectivity index is 2.61. The zero-order chi connectivity index (χ0) is 13.6. The molecule has 6 heteroatoms. The lowest BCUT2D eigenvalue weighted by Gasteiger charge is -2.16. The summed E-state index contributed by atoms with van der Waals surface area (Å²) in [7, 11) is -2.33. The molecule has 0 aliphatic heterocycles. The van der Waals surface area contributed by atoms with E-state index < -0.39 is 15.7 Å². The van der Waals surface area contributed by atoms with Crippen LogP contribution in [-0.4, -0.2) is 28.3 Å². The first-order chi connectivity index (χ1) is 8.34. The van der Waals surface area contributed by atoms with Crippen LogP contribution >= 0.6 is 0 Å². The maximum absolute atomic E-state index is 14.0. The van der Waals surface area contributed by atoms with Crippen molar-refractivity contribution in [1.29, 1.82) is 0 Å². The summed E-state index contributed by atoms with van der Waals surface area (Å²) in [4.78, 5) is -0.387. The molecule has 1 saturated carbocycles. The molecule has 0 saturated heterocycles. The van der Waals surface area contributed by atoms with E-state index in [1.165, 1.54) is 13.2 Å². The van der Waals surface area contributed by atoms with Crippen LogP contribution < -0.4 is 10.5 Å². The Morgan fingerprint density at radius 1 is 1.44 bits per heavy atom. The van der Waals surface area contributed by atoms with Crippen molar-refractivity contribution < 1.29 is 17.5 Å². The fourth-order valence-corrected chi connectivity index (χ4v) is 3.07. The molecule has 1 aromatic rings. The van der Waals surface area contributed by atoms with Gasteiger partial charge in [-0.3, -0.25) is 0 Å². The molecule has 0 amide bonds. The van der Waals surface area contributed by atoms with Crippen molar-refractivity contribution in [2.75, 3.05) is 19.9 Å². The first-order valence-corrected chi connectivity index (χ1v) is 7.51. The van der Waals surface area contributed by atoms with Crippen molar-refractivity contribution in [1.82, 2.24) is 0 Å². The van der Waals surface area contributed by atoms with Gasteiger partial charge in [0, 0.05) is 18.2 Å². The summed E-state index contributed by atoms with van der Waals surface area (Å²) in [5.41, 5.74) is 6.20. The summed E-state index contributed by atoms with van der Waals surface area (Å²) in [5, 5.41) is 0. The molecule has 2 N–H and O–H groups in total. The van der Waals surface area contributed by atoms with Gasteiger partial charge in [0.25, 0.3) is 0 Å². The Kier molecular flexibility index (Phi) is 3.11. The molecular weight excluding hydrogens is 257 g/mol. The number of rotatable bonds is 4. The Morgan fingerprint density at radius 3 is 2.44 bits per heavy atom. The highest BCUT2D eigenvalue weighted by molar-refractivity contribution is 7.90. The van der Waals surface area contributed by atoms with Crippen LogP contribution in [0.5, 0.6) is 5.75 Å². The third-order valence-corrected chi connectivity index (χ3v) is 4.59. The number of nitrogens with two attached hydrogens (primary N) is 1. The van der Waals surface area contributed by atoms with Crippen LogP contribution in [0.1, 0.15) is 18.4 Å². The Hall–Kier alpha value is -1.14. The van der Waals surface area contributed by atoms with Crippen LogP contribution in [0.2, 0.25) is 0 Å². The van der Waals surface area contributed by atoms with Crippen molar-refractivity contribution in [2.24, 2.45) is 5.73 Å². The van der Waals surface area contributed by atoms with Gasteiger partial charge in [-0.25, -0.2) is 12.8 Å². The van der Waals surface area contributed by atoms with Gasteiger partial charge in [0.2, 0.25) is 0 Å². The van der Waals surface area contributed by atoms with E-state index in [-0.39, 0.29) is 16.1 Å². The molecule has 1 aromatic carbocycles. The molecule has 0 radical (unpaired) electrons. The SMILES string of the molecule is COc1cc(C2(CN)CC2)cc(F)c1S(C)(=O)=O. The average molecular weight is 273 g/mol. The van der Waals surface area contributed by atoms with Gasteiger partial charge in [-0.05, 0) is 30.5 Å². The maximum atomic E-state index is 14.0. The quantitative estimate of drug-likeness (QED) is 0.895. The first kappa shape index (κ1) is 13.3. The van der Waals surface area contributed by atoms with Gasteiger partial charge in [0.1, 0.15) is 16.5 Å². The van der Waals surface area contributed by atoms with Crippen LogP contribution in [0, 0.1) is 5.82 Å². The van der Waals surface area contributed by atoms with Crippen LogP contribution in [0.3, 0.4) is 0 Å². The largest absolute Gasteiger partial charge is 0.495 e. The monoisotopic (exact) mass is 273 g/mol. The van der Waals surface area contributed by atoms with Gasteiger partial charge in [0.15, 0.2) is 9.84 Å². The molecule has 1 aliphatic rings. The lowest BCUT2D eigenvalue weighted by Crippen LogP contribution is -2.20. The highest BCUT2D eigenvalue weighted by Crippen LogP contribution is 2.48. The van der Waals surface area contributed by atoms with E-state index in [1.54, 1.807) is 6.07 Å². The Morgan fingerprint density at radius 2 is 2.06 bits per heavy atom. The fraction of sp³-hybridized carbons (Fsp3) is 0.500. The van der Waals surface area contributed by atoms with Crippen LogP contribution in [0.4, 0.5) is 4.39 Å². The summed E-state index contributed by atoms with van der Waals surface area (Å²) in [5.74, 6) is -0.723. The molecule has 0 unspecified atom stereocenters. The molecule has 0 heterocycles. The molecule has 100 valence electrons. The molecule has 0 bridgehead atoms. The highest BCUT2D eigenvalue weighted by Gasteiger charge is 2.44. The standard InChI is InChI=1S/C12H16FNO3S/c1-17-10-6-8(12(7-14)3-4-12)5-9(13)11(10)18(2,15)16/h5-6H,3-4,7,14H2,1-2H3. The van der Waals surface area contributed by atoms with E-state index >= 15 is 0 Å². The number of hydrogen-bond acceptors (Lipinski definition) is 4. The van der Waals surface area contributed by atoms with Crippen molar-refractivity contribution in [3.63, 3.8) is 0 Å². The van der Waals surface area contributed by atoms with Gasteiger partial charge in [-0.2, -0.15) is 0 Å². The number of hydrogen-bond donors (Lipinski definition) is 1. The predicted octanol–water partition coefficient (Wildman–Crippen LogP) is 1.23. The second-order valence-corrected chi connectivity index (χ2v) is 6.70. The molecule has 1 aliphatic carbocycles. The lowest BCUT2D eigenvalue weighted by atomic mass is 9.96. The van der Waals surface area contributed by atoms with Crippen molar-refractivity contribution in [2.45, 2.75) is 23.2 Å². The van der Waals surface area contributed by atoms with Gasteiger partial charge in [-0.15, -0.1) is 0 Å². The van der Waals surface area contributed by atoms with E-state index in [9.17, 15) is 12.8 Å². The van der Waals surface area contributed by atoms with Crippen LogP contribution in [-0.2, 0) is 15.3 Å². The van der Waals surface area contributed by atoms with Gasteiger partial charge in [0.05, 0.1) is 7.11 Å². The third-order valence-electron chi connectivity index (χ3n) is 3.46. The smallest absolute Gasteiger partial charge is 0.182 e. The minimum Gasteiger partial charge on any atom is -0.495 e. The topological polar surface area (TPSA) is 69.4 Å². The molecular formula is C12H16FNO3S. The summed E-state index contributed by atoms with van der Waals surface area (Å²) in [6.07, 6.45) is 2.75. The number of benzene rings is 1. The van der Waals surface area contributed by atoms with E-state index in [4.69, 9.17) is 10.5 Å². The van der Waals surface area contributed by atoms with Crippen molar-refractivity contribution >= 4 is 9.84 Å². The van der Waals surface area contributed by atoms with Crippen LogP contribution in [0.15, 0.2) is 17.0 Å². The van der Waals surface area contributed by atoms with Crippen molar-refractivity contribution in [3.8, 4) is 5.75 Å². The molecule has 1 fully saturated rings. The summed E-state index contributed by atoms with van der Waals surface area (Å²) in [6, 6.07) is 2.85. The zero-order valence-electron chi connectivity index (χ0n) is 10.4. The summed E-state index contributed by atoms with van der Waals surface area (Å²) >= 11 is 0. The van der Waals surface area contributed by atoms with E-state index in [0.29, 0.717) is 12.1 Å². The second kappa shape index (κ2) is 4.20. The number of sulfone groups is 1. The van der Waals surface area contributed by atoms with Gasteiger partial charge < -0.3 is 10.5 Å². The van der Waals surface area contributed by atoms with E-state index in [0.717, 1.165) is 19.1 Å². The minimum absolute atomic E-state index is 0.0484. The first-order valence-electron chi connectivity index (χ1n) is 5.62. The number of ether oxygens (including phenoxy) is 1. The summed E-state index contributed by atoms with van der Waals surface area (Å²) < 4.78 is 42.1. The molecule has 2 rings (SSSR count). The van der Waals surface area contributed by atoms with E-state index in [1.807, 2.05) is 0 Å². The third kappa shape index (κ3) is 2.10. The molecule has 0 aromatic heterocycles. The normalized spacial score (nSPS) is 17.6. The lowest BCUT2D eigenvalue weighted by molar-refractivity contribution is 0.393. The molecule has 0 atom stereocenters. The predicted molar refractivity (Wildman–Crippen MR) is 66.0 cm³/mol. The Bertz CT molecular complexity index is 579. The highest BCUT2D eigenvalue weighted by atomic mass is 32.2. The van der Waals surface area contributed by atoms with Gasteiger partial charge in [-0.1, -0.05) is 0 Å². The van der Waals surface area contributed by atoms with Crippen LogP contribution in [0.25, 0.3) is 0 Å². The Labute approximate surface area is 106 Å². The summed E-state index contributed by atoms with van der Waals surface area (Å²) in [6.45, 7) is 0.424. The molecule has 4 nitrogen and oxygen atoms in total. The minimum atomic E-state index is -3.66. The second-order valence-electron chi connectivity index (χ2n) is 4.75. The molecule has 0 spiro atoms. The maximum Gasteiger partial charge on any atom is 0.182 e. The fourth-order valence-electron chi connectivity index (χ4n) is 2.15. The zero-order valence-corrected chi connectivity index (χ0v) is 11.2. The average Bonchev–Trinajstić information content (AvgIpc) is 3.06. The van der Waals surface area contributed by atoms with Crippen molar-refractivity contribution in [3.05, 3.63) is 23.5 Å². The number of methoxy groups -OCH3 is 1. The van der Waals surface area contributed by atoms with Gasteiger partial charge >= 0.3 is 0 Å².